The van der Waals surface area contributed by atoms with E-state index in [9.17, 15) is 13.2 Å². The lowest BCUT2D eigenvalue weighted by Gasteiger charge is -2.33. The number of anilines is 1. The number of rotatable bonds is 3. The molecule has 6 heteroatoms. The Morgan fingerprint density at radius 1 is 1.08 bits per heavy atom. The molecule has 0 aromatic heterocycles. The lowest BCUT2D eigenvalue weighted by Crippen LogP contribution is -2.45. The van der Waals surface area contributed by atoms with Crippen LogP contribution >= 0.6 is 0 Å². The minimum absolute atomic E-state index is 0.114. The normalized spacial score (nSPS) is 16.2. The van der Waals surface area contributed by atoms with E-state index in [1.54, 1.807) is 50.2 Å². The molecule has 0 radical (unpaired) electrons. The highest BCUT2D eigenvalue weighted by Crippen LogP contribution is 2.37. The van der Waals surface area contributed by atoms with Crippen LogP contribution < -0.4 is 10.0 Å². The largest absolute Gasteiger partial charge is 0.351 e. The van der Waals surface area contributed by atoms with Crippen LogP contribution in [0.3, 0.4) is 0 Å². The second-order valence-electron chi connectivity index (χ2n) is 6.57. The second-order valence-corrected chi connectivity index (χ2v) is 8.25. The van der Waals surface area contributed by atoms with Gasteiger partial charge in [-0.15, -0.1) is 0 Å². The van der Waals surface area contributed by atoms with Gasteiger partial charge < -0.3 is 5.32 Å². The summed E-state index contributed by atoms with van der Waals surface area (Å²) in [7, 11) is -3.71. The van der Waals surface area contributed by atoms with Crippen LogP contribution in [0.25, 0.3) is 0 Å². The van der Waals surface area contributed by atoms with E-state index < -0.39 is 15.4 Å². The minimum Gasteiger partial charge on any atom is -0.351 e. The van der Waals surface area contributed by atoms with Gasteiger partial charge >= 0.3 is 0 Å². The van der Waals surface area contributed by atoms with Crippen molar-refractivity contribution in [3.8, 4) is 0 Å². The monoisotopic (exact) mass is 344 g/mol. The van der Waals surface area contributed by atoms with Crippen molar-refractivity contribution in [3.63, 3.8) is 0 Å². The maximum atomic E-state index is 12.7. The topological polar surface area (TPSA) is 75.3 Å². The summed E-state index contributed by atoms with van der Waals surface area (Å²) in [6, 6.07) is 12.1. The smallest absolute Gasteiger partial charge is 0.261 e. The summed E-state index contributed by atoms with van der Waals surface area (Å²) in [4.78, 5) is 12.4. The molecular weight excluding hydrogens is 324 g/mol. The molecule has 2 aromatic rings. The minimum atomic E-state index is -3.71. The Morgan fingerprint density at radius 2 is 1.75 bits per heavy atom. The van der Waals surface area contributed by atoms with Crippen molar-refractivity contribution >= 4 is 21.6 Å². The Labute approximate surface area is 142 Å². The lowest BCUT2D eigenvalue weighted by atomic mass is 9.77. The third-order valence-corrected chi connectivity index (χ3v) is 5.74. The molecule has 2 N–H and O–H groups in total. The maximum Gasteiger partial charge on any atom is 0.261 e. The number of benzene rings is 2. The van der Waals surface area contributed by atoms with E-state index in [2.05, 4.69) is 10.0 Å². The molecule has 24 heavy (non-hydrogen) atoms. The van der Waals surface area contributed by atoms with Crippen molar-refractivity contribution < 1.29 is 13.2 Å². The van der Waals surface area contributed by atoms with Gasteiger partial charge in [-0.05, 0) is 50.1 Å². The first-order valence-corrected chi connectivity index (χ1v) is 9.20. The van der Waals surface area contributed by atoms with Gasteiger partial charge in [-0.25, -0.2) is 8.42 Å². The molecule has 1 aliphatic heterocycles. The van der Waals surface area contributed by atoms with Gasteiger partial charge in [-0.3, -0.25) is 9.52 Å². The van der Waals surface area contributed by atoms with E-state index in [-0.39, 0.29) is 10.8 Å². The zero-order valence-electron chi connectivity index (χ0n) is 13.9. The van der Waals surface area contributed by atoms with E-state index >= 15 is 0 Å². The Morgan fingerprint density at radius 3 is 2.42 bits per heavy atom. The van der Waals surface area contributed by atoms with Gasteiger partial charge in [0.15, 0.2) is 0 Å². The summed E-state index contributed by atoms with van der Waals surface area (Å²) in [5, 5.41) is 2.84. The predicted octanol–water partition coefficient (Wildman–Crippen LogP) is 2.70. The molecule has 1 heterocycles. The average Bonchev–Trinajstić information content (AvgIpc) is 2.51. The van der Waals surface area contributed by atoms with E-state index in [0.29, 0.717) is 12.2 Å². The van der Waals surface area contributed by atoms with Crippen molar-refractivity contribution in [1.29, 1.82) is 0 Å². The van der Waals surface area contributed by atoms with E-state index in [0.717, 1.165) is 16.7 Å². The third-order valence-electron chi connectivity index (χ3n) is 4.36. The molecule has 0 saturated carbocycles. The Kier molecular flexibility index (Phi) is 3.87. The highest BCUT2D eigenvalue weighted by Gasteiger charge is 2.38. The van der Waals surface area contributed by atoms with Crippen LogP contribution in [0.2, 0.25) is 0 Å². The fourth-order valence-corrected chi connectivity index (χ4v) is 4.07. The number of aryl methyl sites for hydroxylation is 1. The Bertz CT molecular complexity index is 900. The summed E-state index contributed by atoms with van der Waals surface area (Å²) >= 11 is 0. The quantitative estimate of drug-likeness (QED) is 0.899. The van der Waals surface area contributed by atoms with Crippen molar-refractivity contribution in [2.24, 2.45) is 0 Å². The molecule has 0 atom stereocenters. The van der Waals surface area contributed by atoms with Crippen LogP contribution in [0.4, 0.5) is 5.69 Å². The van der Waals surface area contributed by atoms with Gasteiger partial charge in [0.2, 0.25) is 5.91 Å². The molecule has 0 fully saturated rings. The fraction of sp³-hybridized carbons (Fsp3) is 0.278. The molecule has 126 valence electrons. The average molecular weight is 344 g/mol. The van der Waals surface area contributed by atoms with Crippen LogP contribution in [0.15, 0.2) is 47.4 Å². The van der Waals surface area contributed by atoms with Crippen molar-refractivity contribution in [1.82, 2.24) is 5.32 Å². The summed E-state index contributed by atoms with van der Waals surface area (Å²) in [6.45, 7) is 5.89. The number of sulfonamides is 1. The van der Waals surface area contributed by atoms with Crippen LogP contribution in [-0.4, -0.2) is 14.3 Å². The van der Waals surface area contributed by atoms with Gasteiger partial charge in [0, 0.05) is 6.54 Å². The first kappa shape index (κ1) is 16.5. The highest BCUT2D eigenvalue weighted by atomic mass is 32.2. The van der Waals surface area contributed by atoms with Gasteiger partial charge in [-0.1, -0.05) is 29.8 Å². The van der Waals surface area contributed by atoms with Crippen LogP contribution in [-0.2, 0) is 26.8 Å². The molecule has 5 nitrogen and oxygen atoms in total. The zero-order chi connectivity index (χ0) is 17.5. The summed E-state index contributed by atoms with van der Waals surface area (Å²) < 4.78 is 28.0. The molecule has 2 aromatic carbocycles. The van der Waals surface area contributed by atoms with E-state index in [1.165, 1.54) is 0 Å². The number of hydrogen-bond donors (Lipinski definition) is 2. The summed E-state index contributed by atoms with van der Waals surface area (Å²) in [5.41, 5.74) is 2.28. The van der Waals surface area contributed by atoms with Gasteiger partial charge in [0.05, 0.1) is 16.0 Å². The molecule has 3 rings (SSSR count). The number of hydrogen-bond acceptors (Lipinski definition) is 3. The maximum absolute atomic E-state index is 12.7. The van der Waals surface area contributed by atoms with Crippen molar-refractivity contribution in [2.75, 3.05) is 4.72 Å². The van der Waals surface area contributed by atoms with Gasteiger partial charge in [-0.2, -0.15) is 0 Å². The number of nitrogens with one attached hydrogen (secondary N) is 2. The molecular formula is C18H20N2O3S. The van der Waals surface area contributed by atoms with Crippen LogP contribution in [0.5, 0.6) is 0 Å². The second kappa shape index (κ2) is 5.63. The molecule has 0 bridgehead atoms. The van der Waals surface area contributed by atoms with Crippen molar-refractivity contribution in [3.05, 3.63) is 59.2 Å². The molecule has 0 spiro atoms. The lowest BCUT2D eigenvalue weighted by molar-refractivity contribution is -0.126. The number of fused-ring (bicyclic) bond motifs is 1. The highest BCUT2D eigenvalue weighted by molar-refractivity contribution is 7.92. The van der Waals surface area contributed by atoms with E-state index in [4.69, 9.17) is 0 Å². The van der Waals surface area contributed by atoms with Crippen molar-refractivity contribution in [2.45, 2.75) is 37.6 Å². The predicted molar refractivity (Wildman–Crippen MR) is 93.3 cm³/mol. The standard InChI is InChI=1S/C18H20N2O3S/c1-12-7-9-14(10-8-12)24(22,23)20-15-6-4-5-13-11-19-17(21)18(2,3)16(13)15/h4-10,20H,11H2,1-3H3,(H,19,21). The Balaban J connectivity index is 2.06. The summed E-state index contributed by atoms with van der Waals surface area (Å²) in [6.07, 6.45) is 0. The Hall–Kier alpha value is -2.34. The molecule has 0 saturated heterocycles. The van der Waals surface area contributed by atoms with Crippen LogP contribution in [0.1, 0.15) is 30.5 Å². The first-order valence-electron chi connectivity index (χ1n) is 7.72. The number of amides is 1. The van der Waals surface area contributed by atoms with E-state index in [1.807, 2.05) is 13.0 Å². The zero-order valence-corrected chi connectivity index (χ0v) is 14.7. The van der Waals surface area contributed by atoms with Gasteiger partial charge in [0.1, 0.15) is 0 Å². The third kappa shape index (κ3) is 2.78. The molecule has 1 amide bonds. The first-order chi connectivity index (χ1) is 11.2. The number of carbonyl (C=O) groups excluding carboxylic acids is 1. The fourth-order valence-electron chi connectivity index (χ4n) is 3.00. The summed E-state index contributed by atoms with van der Waals surface area (Å²) in [5.74, 6) is -0.114. The molecule has 0 aliphatic carbocycles. The molecule has 0 unspecified atom stereocenters. The SMILES string of the molecule is Cc1ccc(S(=O)(=O)Nc2cccc3c2C(C)(C)C(=O)NC3)cc1. The molecule has 1 aliphatic rings. The number of carbonyl (C=O) groups is 1. The van der Waals surface area contributed by atoms with Gasteiger partial charge in [0.25, 0.3) is 10.0 Å². The van der Waals surface area contributed by atoms with Crippen LogP contribution in [0, 0.1) is 6.92 Å².